The smallest absolute Gasteiger partial charge is 0.242 e. The molecule has 4 heterocycles. The predicted molar refractivity (Wildman–Crippen MR) is 155 cm³/mol. The maximum atomic E-state index is 4.80. The van der Waals surface area contributed by atoms with E-state index in [1.54, 1.807) is 0 Å². The van der Waals surface area contributed by atoms with Crippen LogP contribution in [0.5, 0.6) is 0 Å². The van der Waals surface area contributed by atoms with Crippen LogP contribution in [0.2, 0.25) is 0 Å². The van der Waals surface area contributed by atoms with Crippen molar-refractivity contribution < 1.29 is 4.57 Å². The van der Waals surface area contributed by atoms with Crippen LogP contribution in [0.15, 0.2) is 66.7 Å². The van der Waals surface area contributed by atoms with E-state index in [0.29, 0.717) is 0 Å². The fourth-order valence-electron chi connectivity index (χ4n) is 5.63. The summed E-state index contributed by atoms with van der Waals surface area (Å²) < 4.78 is 8.86. The van der Waals surface area contributed by atoms with Gasteiger partial charge in [0.1, 0.15) is 10.5 Å². The van der Waals surface area contributed by atoms with Gasteiger partial charge in [0.2, 0.25) is 0 Å². The monoisotopic (exact) mass is 504 g/mol. The average molecular weight is 505 g/mol. The maximum absolute atomic E-state index is 4.80. The van der Waals surface area contributed by atoms with Crippen molar-refractivity contribution in [1.29, 1.82) is 0 Å². The van der Waals surface area contributed by atoms with Crippen LogP contribution in [0.1, 0.15) is 22.4 Å². The van der Waals surface area contributed by atoms with Gasteiger partial charge in [-0.15, -0.1) is 22.7 Å². The number of pyridine rings is 1. The lowest BCUT2D eigenvalue weighted by Gasteiger charge is -2.11. The molecule has 0 aliphatic heterocycles. The summed E-state index contributed by atoms with van der Waals surface area (Å²) in [4.78, 5) is 5.94. The highest BCUT2D eigenvalue weighted by atomic mass is 32.1. The third-order valence-corrected chi connectivity index (χ3v) is 9.80. The second-order valence-corrected chi connectivity index (χ2v) is 11.8. The van der Waals surface area contributed by atoms with Crippen molar-refractivity contribution in [2.45, 2.75) is 27.7 Å². The molecule has 3 nitrogen and oxygen atoms in total. The van der Waals surface area contributed by atoms with E-state index in [4.69, 9.17) is 4.98 Å². The molecule has 0 atom stereocenters. The molecule has 0 unspecified atom stereocenters. The number of benzene rings is 3. The first-order valence-corrected chi connectivity index (χ1v) is 13.8. The quantitative estimate of drug-likeness (QED) is 0.217. The molecule has 0 aliphatic carbocycles. The highest BCUT2D eigenvalue weighted by Gasteiger charge is 2.29. The Labute approximate surface area is 217 Å². The first kappa shape index (κ1) is 21.7. The molecule has 0 saturated heterocycles. The van der Waals surface area contributed by atoms with Crippen LogP contribution < -0.4 is 4.57 Å². The molecule has 0 bridgehead atoms. The zero-order valence-corrected chi connectivity index (χ0v) is 22.6. The number of para-hydroxylation sites is 3. The molecule has 7 aromatic rings. The average Bonchev–Trinajstić information content (AvgIpc) is 3.47. The van der Waals surface area contributed by atoms with Crippen molar-refractivity contribution in [3.05, 3.63) is 89.1 Å². The number of aryl methyl sites for hydroxylation is 5. The molecule has 4 aromatic heterocycles. The van der Waals surface area contributed by atoms with Crippen molar-refractivity contribution in [2.24, 2.45) is 7.05 Å². The number of imidazole rings is 1. The van der Waals surface area contributed by atoms with Gasteiger partial charge in [-0.05, 0) is 80.8 Å². The fourth-order valence-corrected chi connectivity index (χ4v) is 8.30. The van der Waals surface area contributed by atoms with Gasteiger partial charge in [-0.3, -0.25) is 0 Å². The Morgan fingerprint density at radius 1 is 0.750 bits per heavy atom. The molecular weight excluding hydrogens is 478 g/mol. The highest BCUT2D eigenvalue weighted by Crippen LogP contribution is 2.45. The van der Waals surface area contributed by atoms with E-state index >= 15 is 0 Å². The Balaban J connectivity index is 1.57. The van der Waals surface area contributed by atoms with E-state index in [0.717, 1.165) is 10.5 Å². The molecular formula is C31H26N3S2+. The lowest BCUT2D eigenvalue weighted by Crippen LogP contribution is -2.30. The van der Waals surface area contributed by atoms with E-state index in [1.165, 1.54) is 69.7 Å². The summed E-state index contributed by atoms with van der Waals surface area (Å²) in [6.45, 7) is 8.74. The van der Waals surface area contributed by atoms with Crippen LogP contribution in [-0.2, 0) is 7.05 Å². The molecule has 0 radical (unpaired) electrons. The fraction of sp³-hybridized carbons (Fsp3) is 0.161. The summed E-state index contributed by atoms with van der Waals surface area (Å²) in [7, 11) is 2.19. The van der Waals surface area contributed by atoms with E-state index in [-0.39, 0.29) is 0 Å². The standard InChI is InChI=1S/C31H26N3S2/c1-17-9-8-10-18(2)27(17)34-25-12-7-6-11-24(25)33(5)31(34)22-16-26-23(15-19(22)3)29-28(35-26)21-14-13-20(4)32-30(21)36-29/h6-16H,1-5H3/q+1. The zero-order chi connectivity index (χ0) is 24.7. The molecule has 0 fully saturated rings. The molecule has 0 amide bonds. The number of fused-ring (bicyclic) bond motifs is 6. The maximum Gasteiger partial charge on any atom is 0.295 e. The summed E-state index contributed by atoms with van der Waals surface area (Å²) in [5, 5.41) is 2.62. The second kappa shape index (κ2) is 7.73. The normalized spacial score (nSPS) is 12.0. The Kier molecular flexibility index (Phi) is 4.66. The number of hydrogen-bond acceptors (Lipinski definition) is 3. The molecule has 0 N–H and O–H groups in total. The van der Waals surface area contributed by atoms with E-state index < -0.39 is 0 Å². The summed E-state index contributed by atoms with van der Waals surface area (Å²) in [6.07, 6.45) is 0. The van der Waals surface area contributed by atoms with Gasteiger partial charge >= 0.3 is 0 Å². The Hall–Kier alpha value is -3.54. The Morgan fingerprint density at radius 2 is 1.50 bits per heavy atom. The summed E-state index contributed by atoms with van der Waals surface area (Å²) in [6, 6.07) is 24.5. The topological polar surface area (TPSA) is 21.7 Å². The van der Waals surface area contributed by atoms with Gasteiger partial charge in [0.05, 0.1) is 22.0 Å². The Morgan fingerprint density at radius 3 is 2.31 bits per heavy atom. The number of aromatic nitrogens is 3. The highest BCUT2D eigenvalue weighted by molar-refractivity contribution is 7.36. The van der Waals surface area contributed by atoms with Crippen molar-refractivity contribution in [1.82, 2.24) is 9.55 Å². The van der Waals surface area contributed by atoms with Crippen LogP contribution >= 0.6 is 22.7 Å². The molecule has 7 rings (SSSR count). The number of thiophene rings is 2. The van der Waals surface area contributed by atoms with Crippen molar-refractivity contribution in [3.8, 4) is 17.1 Å². The molecule has 0 spiro atoms. The summed E-state index contributed by atoms with van der Waals surface area (Å²) in [5.74, 6) is 1.21. The molecule has 0 aliphatic rings. The zero-order valence-electron chi connectivity index (χ0n) is 21.0. The molecule has 36 heavy (non-hydrogen) atoms. The minimum absolute atomic E-state index is 1.08. The molecule has 3 aromatic carbocycles. The first-order valence-electron chi connectivity index (χ1n) is 12.2. The van der Waals surface area contributed by atoms with E-state index in [9.17, 15) is 0 Å². The lowest BCUT2D eigenvalue weighted by molar-refractivity contribution is -0.633. The van der Waals surface area contributed by atoms with Gasteiger partial charge in [0.25, 0.3) is 5.82 Å². The van der Waals surface area contributed by atoms with Crippen LogP contribution in [-0.4, -0.2) is 9.55 Å². The third-order valence-electron chi connectivity index (χ3n) is 7.35. The van der Waals surface area contributed by atoms with Gasteiger partial charge in [0.15, 0.2) is 11.0 Å². The van der Waals surface area contributed by atoms with Gasteiger partial charge in [0, 0.05) is 21.2 Å². The van der Waals surface area contributed by atoms with Gasteiger partial charge in [-0.2, -0.15) is 4.57 Å². The molecule has 0 saturated carbocycles. The summed E-state index contributed by atoms with van der Waals surface area (Å²) >= 11 is 3.72. The van der Waals surface area contributed by atoms with Crippen LogP contribution in [0.25, 0.3) is 57.8 Å². The number of rotatable bonds is 2. The van der Waals surface area contributed by atoms with Gasteiger partial charge in [-0.1, -0.05) is 30.3 Å². The van der Waals surface area contributed by atoms with Gasteiger partial charge < -0.3 is 0 Å². The van der Waals surface area contributed by atoms with E-state index in [1.807, 2.05) is 22.7 Å². The first-order chi connectivity index (χ1) is 17.4. The van der Waals surface area contributed by atoms with Crippen molar-refractivity contribution in [3.63, 3.8) is 0 Å². The number of hydrogen-bond donors (Lipinski definition) is 0. The molecule has 5 heteroatoms. The minimum Gasteiger partial charge on any atom is -0.242 e. The van der Waals surface area contributed by atoms with Crippen molar-refractivity contribution in [2.75, 3.05) is 0 Å². The van der Waals surface area contributed by atoms with E-state index in [2.05, 4.69) is 111 Å². The SMILES string of the molecule is Cc1ccc2c(n1)sc1c3cc(C)c(-c4n(-c5c(C)cccc5C)c5ccccc5[n+]4C)cc3sc21. The van der Waals surface area contributed by atoms with Crippen LogP contribution in [0.3, 0.4) is 0 Å². The largest absolute Gasteiger partial charge is 0.295 e. The lowest BCUT2D eigenvalue weighted by atomic mass is 10.0. The second-order valence-electron chi connectivity index (χ2n) is 9.78. The summed E-state index contributed by atoms with van der Waals surface area (Å²) in [5.41, 5.74) is 9.92. The Bertz CT molecular complexity index is 1980. The van der Waals surface area contributed by atoms with Crippen LogP contribution in [0, 0.1) is 27.7 Å². The van der Waals surface area contributed by atoms with Crippen LogP contribution in [0.4, 0.5) is 0 Å². The van der Waals surface area contributed by atoms with Gasteiger partial charge in [-0.25, -0.2) is 9.55 Å². The predicted octanol–water partition coefficient (Wildman–Crippen LogP) is 8.33. The third kappa shape index (κ3) is 2.96. The number of nitrogens with zero attached hydrogens (tertiary/aromatic N) is 3. The van der Waals surface area contributed by atoms with Crippen molar-refractivity contribution >= 4 is 63.4 Å². The molecule has 176 valence electrons. The minimum atomic E-state index is 1.08.